The van der Waals surface area contributed by atoms with E-state index in [-0.39, 0.29) is 22.8 Å². The molecule has 1 aliphatic heterocycles. The zero-order valence-electron chi connectivity index (χ0n) is 19.7. The van der Waals surface area contributed by atoms with Crippen molar-refractivity contribution in [2.24, 2.45) is 13.0 Å². The summed E-state index contributed by atoms with van der Waals surface area (Å²) < 4.78 is 31.4. The van der Waals surface area contributed by atoms with Crippen LogP contribution < -0.4 is 4.72 Å². The van der Waals surface area contributed by atoms with Crippen LogP contribution in [0.2, 0.25) is 0 Å². The molecule has 0 spiro atoms. The van der Waals surface area contributed by atoms with Gasteiger partial charge in [-0.1, -0.05) is 36.4 Å². The zero-order chi connectivity index (χ0) is 23.7. The number of rotatable bonds is 5. The fourth-order valence-electron chi connectivity index (χ4n) is 5.48. The summed E-state index contributed by atoms with van der Waals surface area (Å²) in [4.78, 5) is 15.1. The molecule has 2 aliphatic rings. The lowest BCUT2D eigenvalue weighted by Crippen LogP contribution is -2.43. The quantitative estimate of drug-likeness (QED) is 0.577. The van der Waals surface area contributed by atoms with E-state index in [1.165, 1.54) is 6.42 Å². The maximum Gasteiger partial charge on any atom is 0.240 e. The smallest absolute Gasteiger partial charge is 0.240 e. The highest BCUT2D eigenvalue weighted by Crippen LogP contribution is 2.31. The van der Waals surface area contributed by atoms with Gasteiger partial charge in [-0.25, -0.2) is 13.1 Å². The van der Waals surface area contributed by atoms with Crippen molar-refractivity contribution >= 4 is 26.8 Å². The van der Waals surface area contributed by atoms with Crippen LogP contribution in [0.5, 0.6) is 0 Å². The van der Waals surface area contributed by atoms with Gasteiger partial charge in [0.15, 0.2) is 0 Å². The van der Waals surface area contributed by atoms with Crippen LogP contribution in [0.4, 0.5) is 0 Å². The van der Waals surface area contributed by atoms with Crippen LogP contribution in [0, 0.1) is 5.92 Å². The van der Waals surface area contributed by atoms with Crippen LogP contribution in [0.25, 0.3) is 22.2 Å². The molecule has 0 radical (unpaired) electrons. The normalized spacial score (nSPS) is 21.6. The van der Waals surface area contributed by atoms with Crippen molar-refractivity contribution < 1.29 is 13.2 Å². The molecule has 3 aromatic rings. The summed E-state index contributed by atoms with van der Waals surface area (Å²) in [7, 11) is -1.67. The van der Waals surface area contributed by atoms with Crippen molar-refractivity contribution in [3.63, 3.8) is 0 Å². The van der Waals surface area contributed by atoms with Crippen molar-refractivity contribution in [3.05, 3.63) is 54.6 Å². The first kappa shape index (κ1) is 23.1. The van der Waals surface area contributed by atoms with Crippen LogP contribution in [0.1, 0.15) is 44.9 Å². The third-order valence-electron chi connectivity index (χ3n) is 7.46. The maximum absolute atomic E-state index is 13.2. The second-order valence-corrected chi connectivity index (χ2v) is 11.4. The van der Waals surface area contributed by atoms with Crippen LogP contribution in [-0.2, 0) is 21.9 Å². The minimum absolute atomic E-state index is 0.0370. The highest BCUT2D eigenvalue weighted by atomic mass is 32.2. The van der Waals surface area contributed by atoms with Gasteiger partial charge >= 0.3 is 0 Å². The Morgan fingerprint density at radius 1 is 0.912 bits per heavy atom. The minimum Gasteiger partial charge on any atom is -0.344 e. The summed E-state index contributed by atoms with van der Waals surface area (Å²) in [5.74, 6) is 0.305. The van der Waals surface area contributed by atoms with Crippen molar-refractivity contribution in [3.8, 4) is 11.3 Å². The zero-order valence-corrected chi connectivity index (χ0v) is 20.6. The number of carbonyl (C=O) groups is 1. The average molecular weight is 480 g/mol. The highest BCUT2D eigenvalue weighted by Gasteiger charge is 2.32. The molecule has 0 unspecified atom stereocenters. The Labute approximate surface area is 202 Å². The van der Waals surface area contributed by atoms with E-state index < -0.39 is 10.0 Å². The van der Waals surface area contributed by atoms with Crippen molar-refractivity contribution in [1.29, 1.82) is 0 Å². The standard InChI is InChI=1S/C27H33N3O3S/c1-29-25(20-8-4-2-5-9-20)18-22-12-15-24(19-26(22)29)34(32,33)28-23-13-10-21(11-14-23)27(31)30-16-6-3-7-17-30/h2,4-5,8-9,12,15,18-19,21,23,28H,3,6-7,10-11,13-14,16-17H2,1H3/t21-,23-. The number of carbonyl (C=O) groups excluding carboxylic acids is 1. The van der Waals surface area contributed by atoms with Gasteiger partial charge in [0.2, 0.25) is 15.9 Å². The average Bonchev–Trinajstić information content (AvgIpc) is 3.21. The molecule has 2 heterocycles. The van der Waals surface area contributed by atoms with E-state index in [1.54, 1.807) is 12.1 Å². The monoisotopic (exact) mass is 479 g/mol. The van der Waals surface area contributed by atoms with E-state index >= 15 is 0 Å². The fourth-order valence-corrected chi connectivity index (χ4v) is 6.81. The number of aryl methyl sites for hydroxylation is 1. The summed E-state index contributed by atoms with van der Waals surface area (Å²) in [6, 6.07) is 17.4. The second kappa shape index (κ2) is 9.55. The van der Waals surface area contributed by atoms with Gasteiger partial charge in [0.05, 0.1) is 4.90 Å². The lowest BCUT2D eigenvalue weighted by Gasteiger charge is -2.34. The van der Waals surface area contributed by atoms with Crippen LogP contribution in [-0.4, -0.2) is 42.9 Å². The maximum atomic E-state index is 13.2. The van der Waals surface area contributed by atoms with E-state index in [4.69, 9.17) is 0 Å². The minimum atomic E-state index is -3.64. The number of sulfonamides is 1. The molecule has 1 aromatic heterocycles. The molecule has 1 N–H and O–H groups in total. The molecule has 1 saturated carbocycles. The van der Waals surface area contributed by atoms with Crippen molar-refractivity contribution in [2.45, 2.75) is 55.9 Å². The first-order valence-corrected chi connectivity index (χ1v) is 13.9. The number of nitrogens with zero attached hydrogens (tertiary/aromatic N) is 2. The Kier molecular flexibility index (Phi) is 6.49. The first-order chi connectivity index (χ1) is 16.4. The van der Waals surface area contributed by atoms with Crippen LogP contribution in [0.15, 0.2) is 59.5 Å². The number of piperidine rings is 1. The molecular formula is C27H33N3O3S. The van der Waals surface area contributed by atoms with Gasteiger partial charge in [0.25, 0.3) is 0 Å². The molecule has 34 heavy (non-hydrogen) atoms. The lowest BCUT2D eigenvalue weighted by molar-refractivity contribution is -0.137. The highest BCUT2D eigenvalue weighted by molar-refractivity contribution is 7.89. The molecule has 1 amide bonds. The Morgan fingerprint density at radius 3 is 2.32 bits per heavy atom. The van der Waals surface area contributed by atoms with Gasteiger partial charge in [-0.05, 0) is 68.7 Å². The number of fused-ring (bicyclic) bond motifs is 1. The summed E-state index contributed by atoms with van der Waals surface area (Å²) >= 11 is 0. The number of hydrogen-bond donors (Lipinski definition) is 1. The van der Waals surface area contributed by atoms with E-state index in [2.05, 4.69) is 22.9 Å². The first-order valence-electron chi connectivity index (χ1n) is 12.4. The van der Waals surface area contributed by atoms with Gasteiger partial charge in [-0.2, -0.15) is 0 Å². The Hall–Kier alpha value is -2.64. The van der Waals surface area contributed by atoms with Crippen LogP contribution >= 0.6 is 0 Å². The summed E-state index contributed by atoms with van der Waals surface area (Å²) in [5, 5.41) is 1.01. The van der Waals surface area contributed by atoms with Crippen molar-refractivity contribution in [1.82, 2.24) is 14.2 Å². The predicted octanol–water partition coefficient (Wildman–Crippen LogP) is 4.69. The Balaban J connectivity index is 1.27. The van der Waals surface area contributed by atoms with E-state index in [0.29, 0.717) is 12.8 Å². The number of aromatic nitrogens is 1. The van der Waals surface area contributed by atoms with Crippen LogP contribution in [0.3, 0.4) is 0 Å². The summed E-state index contributed by atoms with van der Waals surface area (Å²) in [6.45, 7) is 1.75. The van der Waals surface area contributed by atoms with E-state index in [9.17, 15) is 13.2 Å². The fraction of sp³-hybridized carbons (Fsp3) is 0.444. The molecule has 1 saturated heterocycles. The SMILES string of the molecule is Cn1c(-c2ccccc2)cc2ccc(S(=O)(=O)N[C@H]3CC[C@H](C(=O)N4CCCCC4)CC3)cc21. The molecule has 2 aromatic carbocycles. The van der Waals surface area contributed by atoms with Gasteiger partial charge in [0, 0.05) is 48.7 Å². The number of likely N-dealkylation sites (tertiary alicyclic amines) is 1. The van der Waals surface area contributed by atoms with E-state index in [1.807, 2.05) is 40.8 Å². The predicted molar refractivity (Wildman–Crippen MR) is 135 cm³/mol. The Bertz CT molecular complexity index is 1270. The molecule has 2 fully saturated rings. The third-order valence-corrected chi connectivity index (χ3v) is 8.98. The van der Waals surface area contributed by atoms with Gasteiger partial charge in [0.1, 0.15) is 0 Å². The van der Waals surface area contributed by atoms with Gasteiger partial charge in [-0.3, -0.25) is 4.79 Å². The molecule has 1 aliphatic carbocycles. The number of nitrogens with one attached hydrogen (secondary N) is 1. The second-order valence-electron chi connectivity index (χ2n) is 9.73. The topological polar surface area (TPSA) is 71.4 Å². The summed E-state index contributed by atoms with van der Waals surface area (Å²) in [5.41, 5.74) is 3.03. The van der Waals surface area contributed by atoms with Crippen molar-refractivity contribution in [2.75, 3.05) is 13.1 Å². The largest absolute Gasteiger partial charge is 0.344 e. The molecular weight excluding hydrogens is 446 g/mol. The van der Waals surface area contributed by atoms with E-state index in [0.717, 1.165) is 60.9 Å². The molecule has 6 nitrogen and oxygen atoms in total. The van der Waals surface area contributed by atoms with Gasteiger partial charge < -0.3 is 9.47 Å². The molecule has 7 heteroatoms. The summed E-state index contributed by atoms with van der Waals surface area (Å²) in [6.07, 6.45) is 6.31. The third kappa shape index (κ3) is 4.64. The molecule has 180 valence electrons. The number of benzene rings is 2. The lowest BCUT2D eigenvalue weighted by atomic mass is 9.85. The Morgan fingerprint density at radius 2 is 1.62 bits per heavy atom. The molecule has 0 atom stereocenters. The van der Waals surface area contributed by atoms with Gasteiger partial charge in [-0.15, -0.1) is 0 Å². The molecule has 5 rings (SSSR count). The number of hydrogen-bond acceptors (Lipinski definition) is 3. The molecule has 0 bridgehead atoms. The number of amides is 1.